The molecule has 126 valence electrons. The van der Waals surface area contributed by atoms with Crippen molar-refractivity contribution in [3.05, 3.63) is 53.6 Å². The molecule has 1 saturated heterocycles. The Labute approximate surface area is 144 Å². The maximum absolute atomic E-state index is 13.2. The number of hydrogen-bond donors (Lipinski definition) is 2. The normalized spacial score (nSPS) is 20.0. The highest BCUT2D eigenvalue weighted by Crippen LogP contribution is 2.37. The van der Waals surface area contributed by atoms with Crippen molar-refractivity contribution in [2.24, 2.45) is 0 Å². The van der Waals surface area contributed by atoms with Crippen molar-refractivity contribution in [2.45, 2.75) is 24.8 Å². The fourth-order valence-electron chi connectivity index (χ4n) is 3.35. The molecule has 0 aromatic heterocycles. The third-order valence-corrected chi connectivity index (χ3v) is 4.49. The van der Waals surface area contributed by atoms with Gasteiger partial charge in [0.2, 0.25) is 5.91 Å². The van der Waals surface area contributed by atoms with Crippen LogP contribution in [0.2, 0.25) is 0 Å². The third kappa shape index (κ3) is 3.01. The molecule has 0 bridgehead atoms. The van der Waals surface area contributed by atoms with E-state index in [9.17, 15) is 13.6 Å². The van der Waals surface area contributed by atoms with Crippen LogP contribution in [0.4, 0.5) is 14.5 Å². The first-order chi connectivity index (χ1) is 11.0. The maximum Gasteiger partial charge on any atom is 0.262 e. The van der Waals surface area contributed by atoms with Crippen LogP contribution in [0.5, 0.6) is 0 Å². The Hall–Kier alpha value is -1.98. The summed E-state index contributed by atoms with van der Waals surface area (Å²) in [6, 6.07) is 13.1. The van der Waals surface area contributed by atoms with Crippen LogP contribution >= 0.6 is 12.4 Å². The first-order valence-electron chi connectivity index (χ1n) is 7.65. The lowest BCUT2D eigenvalue weighted by Crippen LogP contribution is -2.35. The average molecular weight is 351 g/mol. The van der Waals surface area contributed by atoms with Crippen molar-refractivity contribution in [2.75, 3.05) is 11.9 Å². The van der Waals surface area contributed by atoms with Crippen LogP contribution in [0.15, 0.2) is 42.5 Å². The van der Waals surface area contributed by atoms with Gasteiger partial charge in [0.1, 0.15) is 0 Å². The summed E-state index contributed by atoms with van der Waals surface area (Å²) in [4.78, 5) is 12.1. The van der Waals surface area contributed by atoms with Gasteiger partial charge in [0.05, 0.1) is 12.6 Å². The van der Waals surface area contributed by atoms with Crippen LogP contribution in [0.25, 0.3) is 11.1 Å². The Morgan fingerprint density at radius 2 is 1.88 bits per heavy atom. The average Bonchev–Trinajstić information content (AvgIpc) is 3.06. The van der Waals surface area contributed by atoms with Gasteiger partial charge in [0, 0.05) is 12.1 Å². The minimum Gasteiger partial charge on any atom is -0.325 e. The lowest BCUT2D eigenvalue weighted by atomic mass is 10.1. The van der Waals surface area contributed by atoms with Crippen LogP contribution in [0.3, 0.4) is 0 Å². The number of hydrogen-bond acceptors (Lipinski definition) is 2. The topological polar surface area (TPSA) is 41.1 Å². The predicted octanol–water partition coefficient (Wildman–Crippen LogP) is 3.62. The fraction of sp³-hybridized carbons (Fsp3) is 0.278. The Morgan fingerprint density at radius 3 is 2.62 bits per heavy atom. The number of nitrogens with one attached hydrogen (secondary N) is 2. The molecule has 2 aliphatic rings. The van der Waals surface area contributed by atoms with Gasteiger partial charge in [-0.05, 0) is 40.8 Å². The molecule has 1 fully saturated rings. The molecule has 0 radical (unpaired) electrons. The Kier molecular flexibility index (Phi) is 4.32. The highest BCUT2D eigenvalue weighted by Gasteiger charge is 2.42. The number of rotatable bonds is 2. The van der Waals surface area contributed by atoms with E-state index in [1.807, 2.05) is 30.3 Å². The van der Waals surface area contributed by atoms with E-state index < -0.39 is 30.8 Å². The van der Waals surface area contributed by atoms with E-state index >= 15 is 0 Å². The standard InChI is InChI=1S/C18H16F2N2O.ClH/c19-18(20)9-16(21-10-18)17(23)22-13-5-6-15-12(8-13)7-11-3-1-2-4-14(11)15;/h1-6,8,16,21H,7,9-10H2,(H,22,23);1H. The fourth-order valence-corrected chi connectivity index (χ4v) is 3.35. The summed E-state index contributed by atoms with van der Waals surface area (Å²) < 4.78 is 26.4. The number of anilines is 1. The third-order valence-electron chi connectivity index (χ3n) is 4.49. The molecule has 4 rings (SSSR count). The van der Waals surface area contributed by atoms with E-state index in [2.05, 4.69) is 22.8 Å². The van der Waals surface area contributed by atoms with Crippen molar-refractivity contribution in [1.29, 1.82) is 0 Å². The van der Waals surface area contributed by atoms with E-state index in [1.165, 1.54) is 16.7 Å². The number of halogens is 3. The van der Waals surface area contributed by atoms with Crippen molar-refractivity contribution < 1.29 is 13.6 Å². The number of fused-ring (bicyclic) bond motifs is 3. The zero-order valence-corrected chi connectivity index (χ0v) is 13.6. The summed E-state index contributed by atoms with van der Waals surface area (Å²) in [6.45, 7) is -0.440. The molecule has 2 aromatic carbocycles. The van der Waals surface area contributed by atoms with E-state index in [4.69, 9.17) is 0 Å². The first kappa shape index (κ1) is 16.9. The van der Waals surface area contributed by atoms with Crippen molar-refractivity contribution in [3.8, 4) is 11.1 Å². The van der Waals surface area contributed by atoms with Gasteiger partial charge in [-0.3, -0.25) is 10.1 Å². The van der Waals surface area contributed by atoms with E-state index in [0.29, 0.717) is 5.69 Å². The number of benzene rings is 2. The number of carbonyl (C=O) groups is 1. The van der Waals surface area contributed by atoms with Crippen LogP contribution in [0, 0.1) is 0 Å². The SMILES string of the molecule is Cl.O=C(Nc1ccc2c(c1)Cc1ccccc1-2)C1CC(F)(F)CN1. The van der Waals surface area contributed by atoms with Gasteiger partial charge in [-0.25, -0.2) is 8.78 Å². The second-order valence-corrected chi connectivity index (χ2v) is 6.19. The number of carbonyl (C=O) groups excluding carboxylic acids is 1. The Balaban J connectivity index is 0.00000169. The maximum atomic E-state index is 13.2. The van der Waals surface area contributed by atoms with Gasteiger partial charge in [-0.2, -0.15) is 0 Å². The summed E-state index contributed by atoms with van der Waals surface area (Å²) in [5.74, 6) is -3.21. The largest absolute Gasteiger partial charge is 0.325 e. The van der Waals surface area contributed by atoms with E-state index in [0.717, 1.165) is 12.0 Å². The molecule has 2 aromatic rings. The zero-order valence-electron chi connectivity index (χ0n) is 12.8. The zero-order chi connectivity index (χ0) is 16.0. The summed E-state index contributed by atoms with van der Waals surface area (Å²) in [5, 5.41) is 5.31. The molecule has 1 atom stereocenters. The molecule has 2 N–H and O–H groups in total. The lowest BCUT2D eigenvalue weighted by Gasteiger charge is -2.12. The molecule has 1 aliphatic carbocycles. The molecule has 3 nitrogen and oxygen atoms in total. The molecule has 6 heteroatoms. The highest BCUT2D eigenvalue weighted by atomic mass is 35.5. The summed E-state index contributed by atoms with van der Waals surface area (Å²) in [6.07, 6.45) is 0.379. The van der Waals surface area contributed by atoms with Crippen molar-refractivity contribution in [3.63, 3.8) is 0 Å². The second kappa shape index (κ2) is 6.15. The van der Waals surface area contributed by atoms with Crippen LogP contribution in [-0.4, -0.2) is 24.4 Å². The molecule has 1 heterocycles. The molecule has 24 heavy (non-hydrogen) atoms. The number of alkyl halides is 2. The lowest BCUT2D eigenvalue weighted by molar-refractivity contribution is -0.118. The Morgan fingerprint density at radius 1 is 1.12 bits per heavy atom. The minimum absolute atomic E-state index is 0. The minimum atomic E-state index is -2.80. The predicted molar refractivity (Wildman–Crippen MR) is 91.9 cm³/mol. The summed E-state index contributed by atoms with van der Waals surface area (Å²) in [7, 11) is 0. The van der Waals surface area contributed by atoms with Gasteiger partial charge in [-0.15, -0.1) is 12.4 Å². The molecule has 1 amide bonds. The molecule has 1 aliphatic heterocycles. The van der Waals surface area contributed by atoms with Crippen LogP contribution < -0.4 is 10.6 Å². The van der Waals surface area contributed by atoms with Gasteiger partial charge in [0.15, 0.2) is 0 Å². The molecular formula is C18H17ClF2N2O. The summed E-state index contributed by atoms with van der Waals surface area (Å²) in [5.41, 5.74) is 5.46. The van der Waals surface area contributed by atoms with Gasteiger partial charge >= 0.3 is 0 Å². The Bertz CT molecular complexity index is 794. The van der Waals surface area contributed by atoms with E-state index in [-0.39, 0.29) is 12.4 Å². The smallest absolute Gasteiger partial charge is 0.262 e. The second-order valence-electron chi connectivity index (χ2n) is 6.19. The van der Waals surface area contributed by atoms with Gasteiger partial charge in [0.25, 0.3) is 5.92 Å². The molecule has 1 unspecified atom stereocenters. The monoisotopic (exact) mass is 350 g/mol. The van der Waals surface area contributed by atoms with Gasteiger partial charge in [-0.1, -0.05) is 30.3 Å². The first-order valence-corrected chi connectivity index (χ1v) is 7.65. The van der Waals surface area contributed by atoms with Crippen LogP contribution in [0.1, 0.15) is 17.5 Å². The quantitative estimate of drug-likeness (QED) is 0.741. The molecule has 0 saturated carbocycles. The van der Waals surface area contributed by atoms with Crippen LogP contribution in [-0.2, 0) is 11.2 Å². The van der Waals surface area contributed by atoms with Crippen molar-refractivity contribution in [1.82, 2.24) is 5.32 Å². The molecular weight excluding hydrogens is 334 g/mol. The van der Waals surface area contributed by atoms with Gasteiger partial charge < -0.3 is 5.32 Å². The highest BCUT2D eigenvalue weighted by molar-refractivity contribution is 5.95. The number of amides is 1. The molecule has 0 spiro atoms. The van der Waals surface area contributed by atoms with E-state index in [1.54, 1.807) is 0 Å². The summed E-state index contributed by atoms with van der Waals surface area (Å²) >= 11 is 0. The van der Waals surface area contributed by atoms with Crippen molar-refractivity contribution >= 4 is 24.0 Å².